The number of hydrogen-bond acceptors (Lipinski definition) is 3. The number of hydrogen-bond donors (Lipinski definition) is 2. The van der Waals surface area contributed by atoms with Crippen molar-refractivity contribution in [2.75, 3.05) is 7.05 Å². The van der Waals surface area contributed by atoms with Crippen LogP contribution in [0.5, 0.6) is 0 Å². The quantitative estimate of drug-likeness (QED) is 0.645. The van der Waals surface area contributed by atoms with E-state index in [4.69, 9.17) is 5.73 Å². The Bertz CT molecular complexity index is 495. The smallest absolute Gasteiger partial charge is 0.332 e. The number of hydrazone groups is 1. The lowest BCUT2D eigenvalue weighted by Crippen LogP contribution is -2.33. The van der Waals surface area contributed by atoms with E-state index in [1.807, 2.05) is 18.2 Å². The van der Waals surface area contributed by atoms with Crippen LogP contribution in [0.1, 0.15) is 43.2 Å². The highest BCUT2D eigenvalue weighted by Gasteiger charge is 2.18. The fourth-order valence-corrected chi connectivity index (χ4v) is 2.89. The van der Waals surface area contributed by atoms with Crippen LogP contribution in [0.3, 0.4) is 0 Å². The molecule has 5 heteroatoms. The molecular weight excluding hydrogens is 264 g/mol. The van der Waals surface area contributed by atoms with E-state index in [2.05, 4.69) is 28.5 Å². The maximum atomic E-state index is 10.6. The predicted octanol–water partition coefficient (Wildman–Crippen LogP) is 2.45. The Kier molecular flexibility index (Phi) is 5.75. The van der Waals surface area contributed by atoms with Gasteiger partial charge in [0.05, 0.1) is 6.21 Å². The van der Waals surface area contributed by atoms with E-state index in [9.17, 15) is 4.79 Å². The number of carbonyl (C=O) groups is 1. The summed E-state index contributed by atoms with van der Waals surface area (Å²) in [6.07, 6.45) is 8.26. The van der Waals surface area contributed by atoms with E-state index in [0.717, 1.165) is 12.1 Å². The molecule has 0 atom stereocenters. The molecule has 0 radical (unpaired) electrons. The fraction of sp³-hybridized carbons (Fsp3) is 0.500. The fourth-order valence-electron chi connectivity index (χ4n) is 2.89. The molecule has 1 aliphatic carbocycles. The lowest BCUT2D eigenvalue weighted by atomic mass is 9.94. The van der Waals surface area contributed by atoms with E-state index >= 15 is 0 Å². The molecule has 114 valence electrons. The topological polar surface area (TPSA) is 70.7 Å². The summed E-state index contributed by atoms with van der Waals surface area (Å²) in [4.78, 5) is 13.1. The maximum Gasteiger partial charge on any atom is 0.332 e. The lowest BCUT2D eigenvalue weighted by molar-refractivity contribution is 0.184. The number of amides is 2. The van der Waals surface area contributed by atoms with Crippen LogP contribution in [-0.2, 0) is 6.54 Å². The molecule has 5 nitrogen and oxygen atoms in total. The summed E-state index contributed by atoms with van der Waals surface area (Å²) in [5.74, 6) is 0. The molecule has 1 saturated carbocycles. The van der Waals surface area contributed by atoms with Crippen molar-refractivity contribution < 1.29 is 4.79 Å². The first-order chi connectivity index (χ1) is 10.2. The highest BCUT2D eigenvalue weighted by Crippen LogP contribution is 2.23. The Morgan fingerprint density at radius 3 is 2.81 bits per heavy atom. The Labute approximate surface area is 126 Å². The highest BCUT2D eigenvalue weighted by molar-refractivity contribution is 5.83. The molecule has 1 fully saturated rings. The van der Waals surface area contributed by atoms with Gasteiger partial charge in [0.1, 0.15) is 0 Å². The average molecular weight is 288 g/mol. The van der Waals surface area contributed by atoms with Crippen LogP contribution in [0.15, 0.2) is 29.4 Å². The molecular formula is C16H24N4O. The van der Waals surface area contributed by atoms with Crippen molar-refractivity contribution in [1.29, 1.82) is 0 Å². The van der Waals surface area contributed by atoms with Crippen molar-refractivity contribution in [2.24, 2.45) is 10.8 Å². The third-order valence-electron chi connectivity index (χ3n) is 4.05. The van der Waals surface area contributed by atoms with Crippen LogP contribution < -0.4 is 11.2 Å². The molecule has 0 aromatic heterocycles. The first kappa shape index (κ1) is 15.5. The summed E-state index contributed by atoms with van der Waals surface area (Å²) in [6.45, 7) is 0.892. The number of nitrogens with one attached hydrogen (secondary N) is 1. The van der Waals surface area contributed by atoms with Gasteiger partial charge in [-0.15, -0.1) is 0 Å². The summed E-state index contributed by atoms with van der Waals surface area (Å²) in [5, 5.41) is 3.85. The summed E-state index contributed by atoms with van der Waals surface area (Å²) >= 11 is 0. The Morgan fingerprint density at radius 1 is 1.38 bits per heavy atom. The zero-order valence-electron chi connectivity index (χ0n) is 12.6. The molecule has 1 aromatic carbocycles. The van der Waals surface area contributed by atoms with Gasteiger partial charge >= 0.3 is 6.03 Å². The number of urea groups is 1. The summed E-state index contributed by atoms with van der Waals surface area (Å²) in [7, 11) is 2.19. The Morgan fingerprint density at radius 2 is 2.10 bits per heavy atom. The molecule has 0 bridgehead atoms. The van der Waals surface area contributed by atoms with Gasteiger partial charge in [-0.3, -0.25) is 4.90 Å². The monoisotopic (exact) mass is 288 g/mol. The average Bonchev–Trinajstić information content (AvgIpc) is 2.49. The molecule has 2 rings (SSSR count). The number of nitrogens with zero attached hydrogens (tertiary/aromatic N) is 2. The van der Waals surface area contributed by atoms with Crippen LogP contribution in [0.2, 0.25) is 0 Å². The van der Waals surface area contributed by atoms with Gasteiger partial charge in [0.15, 0.2) is 0 Å². The first-order valence-electron chi connectivity index (χ1n) is 7.53. The third kappa shape index (κ3) is 4.86. The molecule has 0 aliphatic heterocycles. The first-order valence-corrected chi connectivity index (χ1v) is 7.53. The maximum absolute atomic E-state index is 10.6. The third-order valence-corrected chi connectivity index (χ3v) is 4.05. The van der Waals surface area contributed by atoms with Crippen LogP contribution >= 0.6 is 0 Å². The number of benzene rings is 1. The normalized spacial score (nSPS) is 16.5. The van der Waals surface area contributed by atoms with E-state index < -0.39 is 6.03 Å². The number of primary amides is 1. The molecule has 3 N–H and O–H groups in total. The van der Waals surface area contributed by atoms with Crippen LogP contribution in [0.4, 0.5) is 4.79 Å². The van der Waals surface area contributed by atoms with Gasteiger partial charge in [0, 0.05) is 12.6 Å². The Balaban J connectivity index is 2.01. The summed E-state index contributed by atoms with van der Waals surface area (Å²) < 4.78 is 0. The summed E-state index contributed by atoms with van der Waals surface area (Å²) in [5.41, 5.74) is 9.45. The molecule has 1 aromatic rings. The van der Waals surface area contributed by atoms with Crippen molar-refractivity contribution in [3.05, 3.63) is 35.4 Å². The zero-order valence-corrected chi connectivity index (χ0v) is 12.6. The van der Waals surface area contributed by atoms with Gasteiger partial charge in [0.25, 0.3) is 0 Å². The van der Waals surface area contributed by atoms with Gasteiger partial charge < -0.3 is 5.73 Å². The zero-order chi connectivity index (χ0) is 15.1. The van der Waals surface area contributed by atoms with Gasteiger partial charge in [-0.25, -0.2) is 10.2 Å². The predicted molar refractivity (Wildman–Crippen MR) is 85.1 cm³/mol. The van der Waals surface area contributed by atoms with Crippen molar-refractivity contribution in [1.82, 2.24) is 10.3 Å². The molecule has 0 saturated heterocycles. The largest absolute Gasteiger partial charge is 0.350 e. The second-order valence-corrected chi connectivity index (χ2v) is 5.64. The van der Waals surface area contributed by atoms with Crippen LogP contribution in [-0.4, -0.2) is 30.2 Å². The van der Waals surface area contributed by atoms with Gasteiger partial charge in [-0.05, 0) is 31.0 Å². The van der Waals surface area contributed by atoms with E-state index in [1.54, 1.807) is 6.21 Å². The molecule has 0 heterocycles. The van der Waals surface area contributed by atoms with Crippen LogP contribution in [0.25, 0.3) is 0 Å². The van der Waals surface area contributed by atoms with Crippen LogP contribution in [0, 0.1) is 0 Å². The van der Waals surface area contributed by atoms with E-state index in [1.165, 1.54) is 37.7 Å². The highest BCUT2D eigenvalue weighted by atomic mass is 16.2. The molecule has 0 unspecified atom stereocenters. The molecule has 0 spiro atoms. The lowest BCUT2D eigenvalue weighted by Gasteiger charge is -2.31. The van der Waals surface area contributed by atoms with Crippen molar-refractivity contribution >= 4 is 12.2 Å². The minimum Gasteiger partial charge on any atom is -0.350 e. The van der Waals surface area contributed by atoms with E-state index in [-0.39, 0.29) is 0 Å². The second kappa shape index (κ2) is 7.78. The van der Waals surface area contributed by atoms with Crippen molar-refractivity contribution in [3.8, 4) is 0 Å². The molecule has 1 aliphatic rings. The SMILES string of the molecule is CN(Cc1ccccc1C=NNC(N)=O)C1CCCCC1. The number of nitrogens with two attached hydrogens (primary N) is 1. The second-order valence-electron chi connectivity index (χ2n) is 5.64. The van der Waals surface area contributed by atoms with Gasteiger partial charge in [-0.2, -0.15) is 5.10 Å². The number of carbonyl (C=O) groups excluding carboxylic acids is 1. The van der Waals surface area contributed by atoms with Crippen molar-refractivity contribution in [2.45, 2.75) is 44.7 Å². The minimum absolute atomic E-state index is 0.650. The minimum atomic E-state index is -0.650. The van der Waals surface area contributed by atoms with Gasteiger partial charge in [-0.1, -0.05) is 43.5 Å². The Hall–Kier alpha value is -1.88. The molecule has 2 amide bonds. The van der Waals surface area contributed by atoms with E-state index in [0.29, 0.717) is 6.04 Å². The van der Waals surface area contributed by atoms with Crippen molar-refractivity contribution in [3.63, 3.8) is 0 Å². The number of rotatable bonds is 5. The molecule has 21 heavy (non-hydrogen) atoms. The summed E-state index contributed by atoms with van der Waals surface area (Å²) in [6, 6.07) is 8.12. The standard InChI is InChI=1S/C16H24N4O/c1-20(15-9-3-2-4-10-15)12-14-8-6-5-7-13(14)11-18-19-16(17)21/h5-8,11,15H,2-4,9-10,12H2,1H3,(H3,17,19,21). The van der Waals surface area contributed by atoms with Gasteiger partial charge in [0.2, 0.25) is 0 Å².